The first-order valence-corrected chi connectivity index (χ1v) is 15.8. The fraction of sp³-hybridized carbons (Fsp3) is 0.647. The van der Waals surface area contributed by atoms with Crippen LogP contribution in [0, 0.1) is 23.2 Å². The molecule has 44 heavy (non-hydrogen) atoms. The van der Waals surface area contributed by atoms with Crippen molar-refractivity contribution in [3.8, 4) is 0 Å². The van der Waals surface area contributed by atoms with Gasteiger partial charge in [0.25, 0.3) is 0 Å². The number of carbonyl (C=O) groups is 2. The summed E-state index contributed by atoms with van der Waals surface area (Å²) in [5, 5.41) is 0. The van der Waals surface area contributed by atoms with Crippen LogP contribution < -0.4 is 0 Å². The minimum atomic E-state index is -5.77. The summed E-state index contributed by atoms with van der Waals surface area (Å²) in [6.07, 6.45) is -5.30. The molecular weight excluding hydrogens is 581 g/mol. The number of benzene rings is 1. The highest BCUT2D eigenvalue weighted by molar-refractivity contribution is 5.93. The molecule has 0 radical (unpaired) electrons. The van der Waals surface area contributed by atoms with Crippen LogP contribution in [-0.2, 0) is 25.6 Å². The molecule has 1 aromatic carbocycles. The van der Waals surface area contributed by atoms with E-state index in [2.05, 4.69) is 33.9 Å². The number of alkyl halides is 5. The van der Waals surface area contributed by atoms with Crippen molar-refractivity contribution in [3.63, 3.8) is 0 Å². The monoisotopic (exact) mass is 621 g/mol. The van der Waals surface area contributed by atoms with Crippen LogP contribution in [0.2, 0.25) is 0 Å². The van der Waals surface area contributed by atoms with Gasteiger partial charge in [0.2, 0.25) is 0 Å². The van der Waals surface area contributed by atoms with Crippen LogP contribution in [0.1, 0.15) is 81.8 Å². The van der Waals surface area contributed by atoms with Crippen molar-refractivity contribution in [2.24, 2.45) is 23.2 Å². The Morgan fingerprint density at radius 3 is 2.34 bits per heavy atom. The van der Waals surface area contributed by atoms with Crippen molar-refractivity contribution in [1.82, 2.24) is 4.90 Å². The molecule has 1 saturated heterocycles. The number of likely N-dealkylation sites (tertiary alicyclic amines) is 1. The zero-order chi connectivity index (χ0) is 31.4. The largest absolute Gasteiger partial charge is 0.482 e. The molecule has 5 unspecified atom stereocenters. The van der Waals surface area contributed by atoms with E-state index in [9.17, 15) is 31.5 Å². The number of allylic oxidation sites excluding steroid dienone is 4. The Balaban J connectivity index is 1.29. The number of ether oxygens (including phenoxy) is 2. The lowest BCUT2D eigenvalue weighted by atomic mass is 9.53. The molecule has 5 aliphatic rings. The van der Waals surface area contributed by atoms with Gasteiger partial charge in [-0.25, -0.2) is 0 Å². The Hall–Kier alpha value is -2.59. The maximum atomic E-state index is 14.2. The number of rotatable bonds is 6. The molecule has 0 amide bonds. The average molecular weight is 622 g/mol. The van der Waals surface area contributed by atoms with Gasteiger partial charge in [0.05, 0.1) is 19.1 Å². The summed E-state index contributed by atoms with van der Waals surface area (Å²) in [6, 6.07) is 8.27. The molecule has 6 rings (SSSR count). The number of carbonyl (C=O) groups excluding carboxylic acids is 2. The third-order valence-corrected chi connectivity index (χ3v) is 11.2. The van der Waals surface area contributed by atoms with E-state index in [0.717, 1.165) is 55.6 Å². The zero-order valence-corrected chi connectivity index (χ0v) is 25.2. The summed E-state index contributed by atoms with van der Waals surface area (Å²) >= 11 is 0. The Bertz CT molecular complexity index is 1340. The first kappa shape index (κ1) is 31.4. The molecule has 5 nitrogen and oxygen atoms in total. The van der Waals surface area contributed by atoms with Crippen LogP contribution in [0.5, 0.6) is 0 Å². The van der Waals surface area contributed by atoms with Gasteiger partial charge < -0.3 is 9.47 Å². The van der Waals surface area contributed by atoms with Gasteiger partial charge in [-0.15, -0.1) is 0 Å². The minimum Gasteiger partial charge on any atom is -0.469 e. The van der Waals surface area contributed by atoms with Gasteiger partial charge in [0, 0.05) is 18.9 Å². The molecule has 0 bridgehead atoms. The number of halogens is 5. The molecular formula is C34H40F5NO4. The second-order valence-electron chi connectivity index (χ2n) is 13.6. The Labute approximate surface area is 254 Å². The van der Waals surface area contributed by atoms with E-state index in [4.69, 9.17) is 4.74 Å². The number of nitrogens with zero attached hydrogens (tertiary/aromatic N) is 1. The predicted molar refractivity (Wildman–Crippen MR) is 153 cm³/mol. The first-order chi connectivity index (χ1) is 20.8. The van der Waals surface area contributed by atoms with Crippen molar-refractivity contribution in [1.29, 1.82) is 0 Å². The van der Waals surface area contributed by atoms with E-state index in [1.807, 2.05) is 6.92 Å². The van der Waals surface area contributed by atoms with E-state index in [0.29, 0.717) is 32.1 Å². The van der Waals surface area contributed by atoms with Crippen molar-refractivity contribution in [2.45, 2.75) is 95.6 Å². The Kier molecular flexibility index (Phi) is 8.31. The summed E-state index contributed by atoms with van der Waals surface area (Å²) in [6.45, 7) is 4.16. The molecule has 1 aliphatic heterocycles. The molecule has 3 fully saturated rings. The first-order valence-electron chi connectivity index (χ1n) is 15.8. The highest BCUT2D eigenvalue weighted by atomic mass is 19.4. The van der Waals surface area contributed by atoms with Gasteiger partial charge in [-0.1, -0.05) is 36.8 Å². The number of esters is 1. The summed E-state index contributed by atoms with van der Waals surface area (Å²) in [4.78, 5) is 26.5. The molecule has 10 heteroatoms. The van der Waals surface area contributed by atoms with Gasteiger partial charge in [-0.05, 0) is 110 Å². The number of piperidine rings is 1. The van der Waals surface area contributed by atoms with Crippen LogP contribution >= 0.6 is 0 Å². The fourth-order valence-electron chi connectivity index (χ4n) is 8.96. The number of fused-ring (bicyclic) bond motifs is 4. The number of ketones is 1. The van der Waals surface area contributed by atoms with Gasteiger partial charge in [0.1, 0.15) is 0 Å². The van der Waals surface area contributed by atoms with Gasteiger partial charge in [0.15, 0.2) is 5.78 Å². The number of hydrogen-bond acceptors (Lipinski definition) is 5. The summed E-state index contributed by atoms with van der Waals surface area (Å²) in [5.74, 6) is -0.303. The fourth-order valence-corrected chi connectivity index (χ4v) is 8.96. The Morgan fingerprint density at radius 2 is 1.68 bits per heavy atom. The van der Waals surface area contributed by atoms with Crippen LogP contribution in [0.25, 0.3) is 0 Å². The van der Waals surface area contributed by atoms with Crippen molar-refractivity contribution < 1.29 is 41.0 Å². The standard InChI is InChI=1S/C34H40F5NO4/c1-32-18-27(21-5-3-20(4-6-21)19-40-15-13-22(14-16-40)31(42)43-2)30-25-10-8-24(41)17-23(25)7-9-26(30)28(32)11-12-29(32)44-34(38,39)33(35,36)37/h3-6,17,22,26-29H,7-16,18-19H2,1-2H3. The third kappa shape index (κ3) is 5.65. The van der Waals surface area contributed by atoms with Crippen LogP contribution in [-0.4, -0.2) is 55.2 Å². The summed E-state index contributed by atoms with van der Waals surface area (Å²) in [7, 11) is 1.41. The molecule has 1 heterocycles. The second-order valence-corrected chi connectivity index (χ2v) is 13.6. The van der Waals surface area contributed by atoms with E-state index in [1.165, 1.54) is 18.3 Å². The molecule has 0 spiro atoms. The van der Waals surface area contributed by atoms with E-state index >= 15 is 0 Å². The summed E-state index contributed by atoms with van der Waals surface area (Å²) < 4.78 is 77.6. The Morgan fingerprint density at radius 1 is 0.977 bits per heavy atom. The SMILES string of the molecule is COC(=O)C1CCN(Cc2ccc(C3CC4(C)C(OC(F)(F)C(F)(F)F)CCC4C4CCC5=CC(=O)CCC5=C34)cc2)CC1. The van der Waals surface area contributed by atoms with Crippen LogP contribution in [0.15, 0.2) is 47.1 Å². The zero-order valence-electron chi connectivity index (χ0n) is 25.2. The molecule has 2 saturated carbocycles. The topological polar surface area (TPSA) is 55.8 Å². The lowest BCUT2D eigenvalue weighted by molar-refractivity contribution is -0.408. The van der Waals surface area contributed by atoms with Crippen molar-refractivity contribution in [2.75, 3.05) is 20.2 Å². The molecule has 4 aliphatic carbocycles. The summed E-state index contributed by atoms with van der Waals surface area (Å²) in [5.41, 5.74) is 4.76. The smallest absolute Gasteiger partial charge is 0.469 e. The molecule has 0 N–H and O–H groups in total. The maximum absolute atomic E-state index is 14.2. The quantitative estimate of drug-likeness (QED) is 0.243. The molecule has 1 aromatic rings. The highest BCUT2D eigenvalue weighted by Crippen LogP contribution is 2.65. The van der Waals surface area contributed by atoms with Crippen LogP contribution in [0.4, 0.5) is 22.0 Å². The van der Waals surface area contributed by atoms with Crippen molar-refractivity contribution in [3.05, 3.63) is 58.2 Å². The lowest BCUT2D eigenvalue weighted by Gasteiger charge is -2.52. The normalized spacial score (nSPS) is 31.7. The lowest BCUT2D eigenvalue weighted by Crippen LogP contribution is -2.50. The van der Waals surface area contributed by atoms with E-state index < -0.39 is 23.8 Å². The van der Waals surface area contributed by atoms with Gasteiger partial charge in [-0.3, -0.25) is 14.5 Å². The molecule has 5 atom stereocenters. The van der Waals surface area contributed by atoms with E-state index in [-0.39, 0.29) is 41.8 Å². The maximum Gasteiger partial charge on any atom is 0.482 e. The number of hydrogen-bond donors (Lipinski definition) is 0. The second kappa shape index (κ2) is 11.6. The third-order valence-electron chi connectivity index (χ3n) is 11.2. The molecule has 240 valence electrons. The van der Waals surface area contributed by atoms with Gasteiger partial charge >= 0.3 is 18.3 Å². The van der Waals surface area contributed by atoms with Crippen LogP contribution in [0.3, 0.4) is 0 Å². The molecule has 0 aromatic heterocycles. The van der Waals surface area contributed by atoms with Crippen molar-refractivity contribution >= 4 is 11.8 Å². The average Bonchev–Trinajstić information content (AvgIpc) is 3.31. The van der Waals surface area contributed by atoms with Gasteiger partial charge in [-0.2, -0.15) is 22.0 Å². The van der Waals surface area contributed by atoms with E-state index in [1.54, 1.807) is 6.08 Å². The highest BCUT2D eigenvalue weighted by Gasteiger charge is 2.65. The minimum absolute atomic E-state index is 0.0444. The predicted octanol–water partition coefficient (Wildman–Crippen LogP) is 7.51. The number of methoxy groups -OCH3 is 1.